The van der Waals surface area contributed by atoms with Crippen LogP contribution in [0.15, 0.2) is 42.6 Å². The molecular weight excluding hydrogens is 243 g/mol. The molecule has 2 rings (SSSR count). The van der Waals surface area contributed by atoms with E-state index < -0.39 is 23.6 Å². The third kappa shape index (κ3) is 2.40. The van der Waals surface area contributed by atoms with Gasteiger partial charge in [0.1, 0.15) is 11.5 Å². The minimum Gasteiger partial charge on any atom is -0.287 e. The van der Waals surface area contributed by atoms with Gasteiger partial charge in [-0.2, -0.15) is 0 Å². The van der Waals surface area contributed by atoms with E-state index in [9.17, 15) is 18.0 Å². The van der Waals surface area contributed by atoms with E-state index in [0.717, 1.165) is 12.1 Å². The number of alkyl halides is 2. The van der Waals surface area contributed by atoms with Crippen LogP contribution in [0, 0.1) is 5.82 Å². The van der Waals surface area contributed by atoms with Crippen molar-refractivity contribution in [3.8, 4) is 0 Å². The number of hydrogen-bond donors (Lipinski definition) is 0. The van der Waals surface area contributed by atoms with Gasteiger partial charge in [0.15, 0.2) is 0 Å². The van der Waals surface area contributed by atoms with Crippen molar-refractivity contribution in [3.63, 3.8) is 0 Å². The van der Waals surface area contributed by atoms with Crippen molar-refractivity contribution in [2.45, 2.75) is 6.43 Å². The molecule has 2 nitrogen and oxygen atoms in total. The topological polar surface area (TPSA) is 30.0 Å². The average Bonchev–Trinajstić information content (AvgIpc) is 2.38. The minimum absolute atomic E-state index is 0.0706. The van der Waals surface area contributed by atoms with Crippen LogP contribution < -0.4 is 0 Å². The first kappa shape index (κ1) is 12.3. The summed E-state index contributed by atoms with van der Waals surface area (Å²) in [7, 11) is 0. The number of carbonyl (C=O) groups excluding carboxylic acids is 1. The molecule has 0 radical (unpaired) electrons. The van der Waals surface area contributed by atoms with Crippen LogP contribution in [0.3, 0.4) is 0 Å². The zero-order valence-corrected chi connectivity index (χ0v) is 9.11. The molecule has 0 aliphatic rings. The fraction of sp³-hybridized carbons (Fsp3) is 0.0769. The molecule has 0 aliphatic heterocycles. The van der Waals surface area contributed by atoms with Gasteiger partial charge in [-0.15, -0.1) is 0 Å². The highest BCUT2D eigenvalue weighted by atomic mass is 19.3. The normalized spacial score (nSPS) is 10.7. The zero-order valence-electron chi connectivity index (χ0n) is 9.11. The van der Waals surface area contributed by atoms with Crippen LogP contribution in [-0.4, -0.2) is 10.8 Å². The SMILES string of the molecule is O=C(c1ccccn1)c1ccc(C(F)F)cc1F. The fourth-order valence-electron chi connectivity index (χ4n) is 1.49. The Hall–Kier alpha value is -2.17. The Bertz CT molecular complexity index is 570. The monoisotopic (exact) mass is 251 g/mol. The maximum atomic E-state index is 13.6. The van der Waals surface area contributed by atoms with Crippen molar-refractivity contribution in [1.82, 2.24) is 4.98 Å². The van der Waals surface area contributed by atoms with E-state index in [1.165, 1.54) is 12.3 Å². The number of aromatic nitrogens is 1. The summed E-state index contributed by atoms with van der Waals surface area (Å²) < 4.78 is 38.2. The van der Waals surface area contributed by atoms with Crippen LogP contribution in [-0.2, 0) is 0 Å². The molecule has 0 atom stereocenters. The Morgan fingerprint density at radius 3 is 2.50 bits per heavy atom. The number of benzene rings is 1. The predicted octanol–water partition coefficient (Wildman–Crippen LogP) is 3.39. The Kier molecular flexibility index (Phi) is 3.41. The molecule has 5 heteroatoms. The number of carbonyl (C=O) groups is 1. The number of ketones is 1. The smallest absolute Gasteiger partial charge is 0.263 e. The maximum absolute atomic E-state index is 13.6. The summed E-state index contributed by atoms with van der Waals surface area (Å²) in [5, 5.41) is 0. The largest absolute Gasteiger partial charge is 0.287 e. The van der Waals surface area contributed by atoms with Gasteiger partial charge in [-0.1, -0.05) is 12.1 Å². The van der Waals surface area contributed by atoms with Gasteiger partial charge in [0.25, 0.3) is 6.43 Å². The molecular formula is C13H8F3NO. The van der Waals surface area contributed by atoms with Gasteiger partial charge in [-0.25, -0.2) is 13.2 Å². The van der Waals surface area contributed by atoms with Crippen LogP contribution >= 0.6 is 0 Å². The number of pyridine rings is 1. The summed E-state index contributed by atoms with van der Waals surface area (Å²) in [6, 6.07) is 7.39. The van der Waals surface area contributed by atoms with E-state index in [4.69, 9.17) is 0 Å². The maximum Gasteiger partial charge on any atom is 0.263 e. The Morgan fingerprint density at radius 1 is 1.17 bits per heavy atom. The van der Waals surface area contributed by atoms with Crippen LogP contribution in [0.25, 0.3) is 0 Å². The van der Waals surface area contributed by atoms with Gasteiger partial charge in [-0.05, 0) is 24.3 Å². The van der Waals surface area contributed by atoms with Crippen molar-refractivity contribution in [2.24, 2.45) is 0 Å². The molecule has 92 valence electrons. The molecule has 0 spiro atoms. The standard InChI is InChI=1S/C13H8F3NO/c14-10-7-8(13(15)16)4-5-9(10)12(18)11-3-1-2-6-17-11/h1-7,13H. The number of halogens is 3. The molecule has 0 N–H and O–H groups in total. The second kappa shape index (κ2) is 5.00. The first-order valence-electron chi connectivity index (χ1n) is 5.13. The first-order valence-corrected chi connectivity index (χ1v) is 5.13. The van der Waals surface area contributed by atoms with Crippen LogP contribution in [0.5, 0.6) is 0 Å². The molecule has 1 aromatic carbocycles. The summed E-state index contributed by atoms with van der Waals surface area (Å²) in [6.07, 6.45) is -1.36. The van der Waals surface area contributed by atoms with Crippen LogP contribution in [0.2, 0.25) is 0 Å². The Labute approximate surface area is 101 Å². The van der Waals surface area contributed by atoms with Gasteiger partial charge in [0, 0.05) is 11.8 Å². The predicted molar refractivity (Wildman–Crippen MR) is 59.0 cm³/mol. The van der Waals surface area contributed by atoms with E-state index in [2.05, 4.69) is 4.98 Å². The molecule has 0 amide bonds. The van der Waals surface area contributed by atoms with Gasteiger partial charge < -0.3 is 0 Å². The molecule has 0 saturated heterocycles. The number of nitrogens with zero attached hydrogens (tertiary/aromatic N) is 1. The van der Waals surface area contributed by atoms with E-state index >= 15 is 0 Å². The van der Waals surface area contributed by atoms with Gasteiger partial charge in [0.05, 0.1) is 5.56 Å². The molecule has 1 heterocycles. The summed E-state index contributed by atoms with van der Waals surface area (Å²) in [6.45, 7) is 0. The summed E-state index contributed by atoms with van der Waals surface area (Å²) >= 11 is 0. The molecule has 0 bridgehead atoms. The fourth-order valence-corrected chi connectivity index (χ4v) is 1.49. The summed E-state index contributed by atoms with van der Waals surface area (Å²) in [5.74, 6) is -1.60. The molecule has 0 fully saturated rings. The molecule has 0 saturated carbocycles. The molecule has 0 aliphatic carbocycles. The average molecular weight is 251 g/mol. The van der Waals surface area contributed by atoms with Crippen molar-refractivity contribution < 1.29 is 18.0 Å². The van der Waals surface area contributed by atoms with E-state index in [0.29, 0.717) is 6.07 Å². The summed E-state index contributed by atoms with van der Waals surface area (Å²) in [4.78, 5) is 15.6. The number of hydrogen-bond acceptors (Lipinski definition) is 2. The van der Waals surface area contributed by atoms with Crippen LogP contribution in [0.1, 0.15) is 28.0 Å². The highest BCUT2D eigenvalue weighted by molar-refractivity contribution is 6.07. The van der Waals surface area contributed by atoms with Crippen LogP contribution in [0.4, 0.5) is 13.2 Å². The summed E-state index contributed by atoms with van der Waals surface area (Å²) in [5.41, 5.74) is -0.649. The van der Waals surface area contributed by atoms with Crippen molar-refractivity contribution in [3.05, 3.63) is 65.2 Å². The van der Waals surface area contributed by atoms with E-state index in [-0.39, 0.29) is 11.3 Å². The lowest BCUT2D eigenvalue weighted by Crippen LogP contribution is -2.06. The van der Waals surface area contributed by atoms with Gasteiger partial charge >= 0.3 is 0 Å². The highest BCUT2D eigenvalue weighted by Crippen LogP contribution is 2.22. The lowest BCUT2D eigenvalue weighted by molar-refractivity contribution is 0.102. The third-order valence-corrected chi connectivity index (χ3v) is 2.39. The van der Waals surface area contributed by atoms with Gasteiger partial charge in [-0.3, -0.25) is 9.78 Å². The lowest BCUT2D eigenvalue weighted by Gasteiger charge is -2.04. The van der Waals surface area contributed by atoms with E-state index in [1.807, 2.05) is 0 Å². The lowest BCUT2D eigenvalue weighted by atomic mass is 10.0. The van der Waals surface area contributed by atoms with E-state index in [1.54, 1.807) is 12.1 Å². The minimum atomic E-state index is -2.77. The molecule has 1 aromatic heterocycles. The molecule has 18 heavy (non-hydrogen) atoms. The van der Waals surface area contributed by atoms with Crippen molar-refractivity contribution in [2.75, 3.05) is 0 Å². The first-order chi connectivity index (χ1) is 8.59. The molecule has 2 aromatic rings. The van der Waals surface area contributed by atoms with Gasteiger partial charge in [0.2, 0.25) is 5.78 Å². The second-order valence-corrected chi connectivity index (χ2v) is 3.58. The van der Waals surface area contributed by atoms with Crippen molar-refractivity contribution in [1.29, 1.82) is 0 Å². The number of rotatable bonds is 3. The third-order valence-electron chi connectivity index (χ3n) is 2.39. The second-order valence-electron chi connectivity index (χ2n) is 3.58. The highest BCUT2D eigenvalue weighted by Gasteiger charge is 2.17. The zero-order chi connectivity index (χ0) is 13.1. The van der Waals surface area contributed by atoms with Crippen molar-refractivity contribution >= 4 is 5.78 Å². The quantitative estimate of drug-likeness (QED) is 0.782. The Balaban J connectivity index is 2.38. The Morgan fingerprint density at radius 2 is 1.94 bits per heavy atom. The molecule has 0 unspecified atom stereocenters.